The molecule has 3 heterocycles. The zero-order chi connectivity index (χ0) is 33.7. The van der Waals surface area contributed by atoms with Gasteiger partial charge in [0.05, 0.1) is 16.8 Å². The number of pyridine rings is 1. The van der Waals surface area contributed by atoms with Crippen LogP contribution in [-0.4, -0.2) is 58.0 Å². The highest BCUT2D eigenvalue weighted by Gasteiger charge is 2.29. The minimum Gasteiger partial charge on any atom is -0.473 e. The van der Waals surface area contributed by atoms with Crippen LogP contribution in [0.1, 0.15) is 44.7 Å². The number of para-hydroxylation sites is 1. The summed E-state index contributed by atoms with van der Waals surface area (Å²) in [4.78, 5) is 21.8. The van der Waals surface area contributed by atoms with Crippen LogP contribution in [0.4, 0.5) is 10.5 Å². The van der Waals surface area contributed by atoms with Crippen molar-refractivity contribution in [1.82, 2.24) is 19.7 Å². The molecular formula is C39H45N5O4. The number of amides is 1. The Morgan fingerprint density at radius 1 is 0.896 bits per heavy atom. The molecule has 1 amide bonds. The molecule has 0 spiro atoms. The predicted molar refractivity (Wildman–Crippen MR) is 189 cm³/mol. The van der Waals surface area contributed by atoms with E-state index < -0.39 is 5.60 Å². The van der Waals surface area contributed by atoms with Gasteiger partial charge in [0, 0.05) is 45.2 Å². The van der Waals surface area contributed by atoms with E-state index >= 15 is 0 Å². The van der Waals surface area contributed by atoms with Crippen LogP contribution in [-0.2, 0) is 25.0 Å². The first-order chi connectivity index (χ1) is 23.1. The lowest BCUT2D eigenvalue weighted by Gasteiger charge is -2.36. The maximum atomic E-state index is 12.8. The molecule has 1 atom stereocenters. The van der Waals surface area contributed by atoms with Crippen LogP contribution in [0.3, 0.4) is 0 Å². The van der Waals surface area contributed by atoms with Crippen molar-refractivity contribution in [1.29, 1.82) is 0 Å². The number of nitrogens with zero attached hydrogens (tertiary/aromatic N) is 5. The van der Waals surface area contributed by atoms with Gasteiger partial charge in [-0.05, 0) is 62.8 Å². The Kier molecular flexibility index (Phi) is 9.85. The normalized spacial score (nSPS) is 14.9. The van der Waals surface area contributed by atoms with E-state index in [9.17, 15) is 4.79 Å². The molecule has 1 aliphatic rings. The maximum absolute atomic E-state index is 12.8. The maximum Gasteiger partial charge on any atom is 0.410 e. The molecule has 0 bridgehead atoms. The Morgan fingerprint density at radius 2 is 1.58 bits per heavy atom. The van der Waals surface area contributed by atoms with Crippen molar-refractivity contribution >= 4 is 22.7 Å². The van der Waals surface area contributed by atoms with Gasteiger partial charge in [-0.25, -0.2) is 4.79 Å². The average Bonchev–Trinajstić information content (AvgIpc) is 3.42. The number of aryl methyl sites for hydroxylation is 1. The molecule has 6 rings (SSSR count). The number of anilines is 1. The van der Waals surface area contributed by atoms with Crippen molar-refractivity contribution in [2.75, 3.05) is 31.6 Å². The van der Waals surface area contributed by atoms with Crippen LogP contribution < -0.4 is 14.4 Å². The number of carbonyl (C=O) groups excluding carboxylic acids is 1. The molecule has 0 aliphatic carbocycles. The van der Waals surface area contributed by atoms with Crippen LogP contribution in [0.2, 0.25) is 0 Å². The third-order valence-electron chi connectivity index (χ3n) is 8.50. The Morgan fingerprint density at radius 3 is 2.27 bits per heavy atom. The van der Waals surface area contributed by atoms with Gasteiger partial charge < -0.3 is 24.0 Å². The van der Waals surface area contributed by atoms with E-state index in [1.807, 2.05) is 110 Å². The zero-order valence-electron chi connectivity index (χ0n) is 28.6. The molecule has 0 radical (unpaired) electrons. The quantitative estimate of drug-likeness (QED) is 0.153. The molecule has 2 aromatic heterocycles. The van der Waals surface area contributed by atoms with E-state index in [1.54, 1.807) is 0 Å². The standard InChI is InChI=1S/C39H45N5O4/c1-39(2,3)48-38(45)44-23-13-18-30(25-44)24-42(4)33-20-12-19-31-35(41-43(5)36(31)33)32-21-22-34(46-26-28-14-8-6-9-15-28)40-37(32)47-27-29-16-10-7-11-17-29/h6-12,14-17,19-22,30H,13,18,23-27H2,1-5H3/t30-/m1/s1. The summed E-state index contributed by atoms with van der Waals surface area (Å²) >= 11 is 0. The van der Waals surface area contributed by atoms with Gasteiger partial charge in [-0.1, -0.05) is 72.8 Å². The minimum atomic E-state index is -0.509. The molecule has 3 aromatic carbocycles. The number of ether oxygens (including phenoxy) is 3. The number of hydrogen-bond donors (Lipinski definition) is 0. The summed E-state index contributed by atoms with van der Waals surface area (Å²) in [5.74, 6) is 1.27. The van der Waals surface area contributed by atoms with Gasteiger partial charge in [-0.2, -0.15) is 10.1 Å². The highest BCUT2D eigenvalue weighted by atomic mass is 16.6. The van der Waals surface area contributed by atoms with E-state index in [0.29, 0.717) is 37.4 Å². The van der Waals surface area contributed by atoms with Gasteiger partial charge in [0.2, 0.25) is 11.8 Å². The number of likely N-dealkylation sites (tertiary alicyclic amines) is 1. The summed E-state index contributed by atoms with van der Waals surface area (Å²) in [6.45, 7) is 8.71. The van der Waals surface area contributed by atoms with Crippen LogP contribution in [0.25, 0.3) is 22.2 Å². The van der Waals surface area contributed by atoms with Gasteiger partial charge >= 0.3 is 6.09 Å². The Labute approximate surface area is 283 Å². The van der Waals surface area contributed by atoms with E-state index in [-0.39, 0.29) is 6.09 Å². The Hall–Kier alpha value is -5.05. The molecule has 9 nitrogen and oxygen atoms in total. The first kappa shape index (κ1) is 32.9. The summed E-state index contributed by atoms with van der Waals surface area (Å²) in [5.41, 5.74) is 5.28. The third-order valence-corrected chi connectivity index (χ3v) is 8.50. The summed E-state index contributed by atoms with van der Waals surface area (Å²) in [5, 5.41) is 6.02. The highest BCUT2D eigenvalue weighted by Crippen LogP contribution is 2.38. The van der Waals surface area contributed by atoms with Gasteiger partial charge in [-0.15, -0.1) is 0 Å². The van der Waals surface area contributed by atoms with Gasteiger partial charge in [-0.3, -0.25) is 4.68 Å². The van der Waals surface area contributed by atoms with Crippen molar-refractivity contribution < 1.29 is 19.0 Å². The number of hydrogen-bond acceptors (Lipinski definition) is 7. The molecular weight excluding hydrogens is 602 g/mol. The van der Waals surface area contributed by atoms with Crippen molar-refractivity contribution in [2.45, 2.75) is 52.4 Å². The van der Waals surface area contributed by atoms with Crippen molar-refractivity contribution in [3.05, 3.63) is 102 Å². The number of rotatable bonds is 10. The SMILES string of the molecule is CN(C[C@H]1CCCN(C(=O)OC(C)(C)C)C1)c1cccc2c(-c3ccc(OCc4ccccc4)nc3OCc3ccccc3)nn(C)c12. The van der Waals surface area contributed by atoms with Crippen molar-refractivity contribution in [3.8, 4) is 23.0 Å². The lowest BCUT2D eigenvalue weighted by Crippen LogP contribution is -2.45. The van der Waals surface area contributed by atoms with Crippen molar-refractivity contribution in [2.24, 2.45) is 13.0 Å². The van der Waals surface area contributed by atoms with Crippen LogP contribution in [0.15, 0.2) is 91.0 Å². The molecule has 5 aromatic rings. The van der Waals surface area contributed by atoms with Gasteiger partial charge in [0.25, 0.3) is 0 Å². The van der Waals surface area contributed by atoms with E-state index in [0.717, 1.165) is 64.9 Å². The molecule has 250 valence electrons. The number of aromatic nitrogens is 3. The average molecular weight is 648 g/mol. The Balaban J connectivity index is 1.26. The van der Waals surface area contributed by atoms with Gasteiger partial charge in [0.1, 0.15) is 24.5 Å². The second-order valence-corrected chi connectivity index (χ2v) is 13.5. The summed E-state index contributed by atoms with van der Waals surface area (Å²) in [7, 11) is 4.09. The Bertz CT molecular complexity index is 1830. The summed E-state index contributed by atoms with van der Waals surface area (Å²) < 4.78 is 20.1. The molecule has 1 saturated heterocycles. The molecule has 1 fully saturated rings. The monoisotopic (exact) mass is 647 g/mol. The summed E-state index contributed by atoms with van der Waals surface area (Å²) in [6.07, 6.45) is 1.79. The molecule has 0 saturated carbocycles. The second-order valence-electron chi connectivity index (χ2n) is 13.5. The van der Waals surface area contributed by atoms with E-state index in [2.05, 4.69) is 30.1 Å². The van der Waals surface area contributed by atoms with E-state index in [4.69, 9.17) is 24.3 Å². The number of fused-ring (bicyclic) bond motifs is 1. The minimum absolute atomic E-state index is 0.233. The van der Waals surface area contributed by atoms with Crippen LogP contribution in [0.5, 0.6) is 11.8 Å². The fourth-order valence-electron chi connectivity index (χ4n) is 6.27. The topological polar surface area (TPSA) is 82.0 Å². The predicted octanol–water partition coefficient (Wildman–Crippen LogP) is 7.88. The van der Waals surface area contributed by atoms with Crippen LogP contribution in [0, 0.1) is 5.92 Å². The first-order valence-electron chi connectivity index (χ1n) is 16.6. The molecule has 0 N–H and O–H groups in total. The largest absolute Gasteiger partial charge is 0.473 e. The lowest BCUT2D eigenvalue weighted by atomic mass is 9.97. The number of carbonyl (C=O) groups is 1. The highest BCUT2D eigenvalue weighted by molar-refractivity contribution is 6.01. The van der Waals surface area contributed by atoms with Gasteiger partial charge in [0.15, 0.2) is 0 Å². The second kappa shape index (κ2) is 14.4. The first-order valence-corrected chi connectivity index (χ1v) is 16.6. The molecule has 0 unspecified atom stereocenters. The molecule has 1 aliphatic heterocycles. The zero-order valence-corrected chi connectivity index (χ0v) is 28.6. The summed E-state index contributed by atoms with van der Waals surface area (Å²) in [6, 6.07) is 30.3. The van der Waals surface area contributed by atoms with Crippen LogP contribution >= 0.6 is 0 Å². The molecule has 9 heteroatoms. The molecule has 48 heavy (non-hydrogen) atoms. The fourth-order valence-corrected chi connectivity index (χ4v) is 6.27. The van der Waals surface area contributed by atoms with Crippen molar-refractivity contribution in [3.63, 3.8) is 0 Å². The third kappa shape index (κ3) is 7.90. The number of benzene rings is 3. The number of piperidine rings is 1. The smallest absolute Gasteiger partial charge is 0.410 e. The van der Waals surface area contributed by atoms with E-state index in [1.165, 1.54) is 0 Å². The fraction of sp³-hybridized carbons (Fsp3) is 0.359. The lowest BCUT2D eigenvalue weighted by molar-refractivity contribution is 0.0170.